The number of carbonyl (C=O) groups is 1. The van der Waals surface area contributed by atoms with Gasteiger partial charge in [0.25, 0.3) is 0 Å². The first kappa shape index (κ1) is 14.2. The summed E-state index contributed by atoms with van der Waals surface area (Å²) in [6, 6.07) is 23.4. The van der Waals surface area contributed by atoms with Crippen LogP contribution < -0.4 is 0 Å². The molecule has 0 heterocycles. The molecule has 1 unspecified atom stereocenters. The number of benzene rings is 4. The molecule has 2 nitrogen and oxygen atoms in total. The van der Waals surface area contributed by atoms with Crippen molar-refractivity contribution >= 4 is 27.3 Å². The van der Waals surface area contributed by atoms with Crippen LogP contribution in [0.4, 0.5) is 0 Å². The standard InChI is InChI=1S/C23H16O2/c24-21-12-11-19(16-8-1-2-9-17(16)21)23(25)20-13-15-7-3-5-14-6-4-10-18(20)22(14)15/h1-12,20,24H,13H2. The maximum absolute atomic E-state index is 13.4. The molecule has 1 atom stereocenters. The monoisotopic (exact) mass is 324 g/mol. The van der Waals surface area contributed by atoms with Crippen molar-refractivity contribution in [2.24, 2.45) is 0 Å². The number of phenolic OH excluding ortho intramolecular Hbond substituents is 1. The van der Waals surface area contributed by atoms with Crippen molar-refractivity contribution in [2.45, 2.75) is 12.3 Å². The van der Waals surface area contributed by atoms with Crippen LogP contribution in [0.1, 0.15) is 27.4 Å². The number of hydrogen-bond acceptors (Lipinski definition) is 2. The lowest BCUT2D eigenvalue weighted by Crippen LogP contribution is -2.12. The molecule has 25 heavy (non-hydrogen) atoms. The highest BCUT2D eigenvalue weighted by Crippen LogP contribution is 2.41. The highest BCUT2D eigenvalue weighted by atomic mass is 16.3. The normalized spacial score (nSPS) is 15.8. The molecule has 0 fully saturated rings. The molecule has 4 aromatic rings. The molecule has 0 amide bonds. The molecule has 2 heteroatoms. The number of fused-ring (bicyclic) bond motifs is 1. The minimum atomic E-state index is -0.158. The number of aromatic hydroxyl groups is 1. The van der Waals surface area contributed by atoms with Crippen LogP contribution >= 0.6 is 0 Å². The van der Waals surface area contributed by atoms with Gasteiger partial charge in [-0.15, -0.1) is 0 Å². The summed E-state index contributed by atoms with van der Waals surface area (Å²) in [6.07, 6.45) is 0.741. The zero-order valence-electron chi connectivity index (χ0n) is 13.6. The molecule has 0 aromatic heterocycles. The van der Waals surface area contributed by atoms with Gasteiger partial charge in [0.2, 0.25) is 0 Å². The molecule has 0 radical (unpaired) electrons. The van der Waals surface area contributed by atoms with Gasteiger partial charge in [-0.25, -0.2) is 0 Å². The second kappa shape index (κ2) is 5.18. The van der Waals surface area contributed by atoms with Gasteiger partial charge in [0.1, 0.15) is 5.75 Å². The average Bonchev–Trinajstić information content (AvgIpc) is 3.03. The van der Waals surface area contributed by atoms with Crippen molar-refractivity contribution in [1.29, 1.82) is 0 Å². The Bertz CT molecular complexity index is 1150. The van der Waals surface area contributed by atoms with E-state index in [-0.39, 0.29) is 17.5 Å². The van der Waals surface area contributed by atoms with E-state index in [1.807, 2.05) is 30.3 Å². The van der Waals surface area contributed by atoms with Crippen LogP contribution in [-0.4, -0.2) is 10.9 Å². The van der Waals surface area contributed by atoms with E-state index in [2.05, 4.69) is 30.3 Å². The zero-order chi connectivity index (χ0) is 17.0. The fraction of sp³-hybridized carbons (Fsp3) is 0.0870. The summed E-state index contributed by atoms with van der Waals surface area (Å²) in [7, 11) is 0. The highest BCUT2D eigenvalue weighted by molar-refractivity contribution is 6.14. The largest absolute Gasteiger partial charge is 0.507 e. The zero-order valence-corrected chi connectivity index (χ0v) is 13.6. The van der Waals surface area contributed by atoms with Gasteiger partial charge in [-0.3, -0.25) is 4.79 Å². The molecule has 1 N–H and O–H groups in total. The van der Waals surface area contributed by atoms with Crippen LogP contribution in [0.3, 0.4) is 0 Å². The Kier molecular flexibility index (Phi) is 2.95. The van der Waals surface area contributed by atoms with Gasteiger partial charge in [-0.1, -0.05) is 60.7 Å². The lowest BCUT2D eigenvalue weighted by molar-refractivity contribution is 0.0963. The minimum Gasteiger partial charge on any atom is -0.507 e. The van der Waals surface area contributed by atoms with Gasteiger partial charge >= 0.3 is 0 Å². The lowest BCUT2D eigenvalue weighted by atomic mass is 9.89. The summed E-state index contributed by atoms with van der Waals surface area (Å²) in [5, 5.41) is 14.1. The van der Waals surface area contributed by atoms with E-state index in [1.54, 1.807) is 12.1 Å². The van der Waals surface area contributed by atoms with Crippen LogP contribution in [0.5, 0.6) is 5.75 Å². The smallest absolute Gasteiger partial charge is 0.171 e. The molecule has 120 valence electrons. The van der Waals surface area contributed by atoms with E-state index < -0.39 is 0 Å². The third-order valence-corrected chi connectivity index (χ3v) is 5.31. The molecular weight excluding hydrogens is 308 g/mol. The summed E-state index contributed by atoms with van der Waals surface area (Å²) in [5.41, 5.74) is 3.05. The molecule has 4 aromatic carbocycles. The Morgan fingerprint density at radius 1 is 0.840 bits per heavy atom. The maximum Gasteiger partial charge on any atom is 0.171 e. The molecular formula is C23H16O2. The number of phenols is 1. The Hall–Kier alpha value is -3.13. The van der Waals surface area contributed by atoms with E-state index in [1.165, 1.54) is 16.3 Å². The Labute approximate surface area is 145 Å². The van der Waals surface area contributed by atoms with Gasteiger partial charge < -0.3 is 5.11 Å². The fourth-order valence-corrected chi connectivity index (χ4v) is 4.16. The van der Waals surface area contributed by atoms with Gasteiger partial charge in [0.05, 0.1) is 5.92 Å². The third-order valence-electron chi connectivity index (χ3n) is 5.31. The van der Waals surface area contributed by atoms with Crippen LogP contribution in [0, 0.1) is 0 Å². The van der Waals surface area contributed by atoms with Crippen molar-refractivity contribution in [3.05, 3.63) is 89.5 Å². The number of hydrogen-bond donors (Lipinski definition) is 1. The first-order chi connectivity index (χ1) is 12.2. The first-order valence-corrected chi connectivity index (χ1v) is 8.49. The molecule has 1 aliphatic rings. The number of ketones is 1. The summed E-state index contributed by atoms with van der Waals surface area (Å²) < 4.78 is 0. The second-order valence-electron chi connectivity index (χ2n) is 6.66. The summed E-state index contributed by atoms with van der Waals surface area (Å²) in [4.78, 5) is 13.4. The van der Waals surface area contributed by atoms with E-state index in [0.717, 1.165) is 22.8 Å². The van der Waals surface area contributed by atoms with Crippen molar-refractivity contribution in [3.63, 3.8) is 0 Å². The van der Waals surface area contributed by atoms with Crippen molar-refractivity contribution in [1.82, 2.24) is 0 Å². The molecule has 0 saturated heterocycles. The third kappa shape index (κ3) is 2.01. The van der Waals surface area contributed by atoms with E-state index in [4.69, 9.17) is 0 Å². The molecule has 1 aliphatic carbocycles. The Balaban J connectivity index is 1.69. The Morgan fingerprint density at radius 2 is 1.60 bits per heavy atom. The van der Waals surface area contributed by atoms with Crippen LogP contribution in [0.25, 0.3) is 21.5 Å². The van der Waals surface area contributed by atoms with Gasteiger partial charge in [0.15, 0.2) is 5.78 Å². The van der Waals surface area contributed by atoms with Crippen molar-refractivity contribution in [2.75, 3.05) is 0 Å². The topological polar surface area (TPSA) is 37.3 Å². The fourth-order valence-electron chi connectivity index (χ4n) is 4.16. The molecule has 0 aliphatic heterocycles. The van der Waals surface area contributed by atoms with E-state index in [0.29, 0.717) is 5.56 Å². The summed E-state index contributed by atoms with van der Waals surface area (Å²) >= 11 is 0. The first-order valence-electron chi connectivity index (χ1n) is 8.49. The molecule has 0 spiro atoms. The van der Waals surface area contributed by atoms with Gasteiger partial charge in [0, 0.05) is 10.9 Å². The maximum atomic E-state index is 13.4. The van der Waals surface area contributed by atoms with Crippen molar-refractivity contribution in [3.8, 4) is 5.75 Å². The predicted octanol–water partition coefficient (Wildman–Crippen LogP) is 5.22. The average molecular weight is 324 g/mol. The molecule has 0 saturated carbocycles. The SMILES string of the molecule is O=C(c1ccc(O)c2ccccc12)C1Cc2cccc3cccc1c23. The van der Waals surface area contributed by atoms with E-state index in [9.17, 15) is 9.90 Å². The second-order valence-corrected chi connectivity index (χ2v) is 6.66. The number of Topliss-reactive ketones (excluding diaryl/α,β-unsaturated/α-hetero) is 1. The predicted molar refractivity (Wildman–Crippen MR) is 100 cm³/mol. The van der Waals surface area contributed by atoms with Gasteiger partial charge in [-0.2, -0.15) is 0 Å². The van der Waals surface area contributed by atoms with Crippen LogP contribution in [-0.2, 0) is 6.42 Å². The van der Waals surface area contributed by atoms with E-state index >= 15 is 0 Å². The lowest BCUT2D eigenvalue weighted by Gasteiger charge is -2.13. The number of rotatable bonds is 2. The van der Waals surface area contributed by atoms with Gasteiger partial charge in [-0.05, 0) is 45.8 Å². The summed E-state index contributed by atoms with van der Waals surface area (Å²) in [6.45, 7) is 0. The highest BCUT2D eigenvalue weighted by Gasteiger charge is 2.31. The molecule has 5 rings (SSSR count). The van der Waals surface area contributed by atoms with Crippen LogP contribution in [0.2, 0.25) is 0 Å². The number of carbonyl (C=O) groups excluding carboxylic acids is 1. The minimum absolute atomic E-state index is 0.125. The summed E-state index contributed by atoms with van der Waals surface area (Å²) in [5.74, 6) is 0.179. The van der Waals surface area contributed by atoms with Crippen molar-refractivity contribution < 1.29 is 9.90 Å². The quantitative estimate of drug-likeness (QED) is 0.513. The molecule has 0 bridgehead atoms. The Morgan fingerprint density at radius 3 is 2.44 bits per heavy atom. The van der Waals surface area contributed by atoms with Crippen LogP contribution in [0.15, 0.2) is 72.8 Å².